The molecule has 0 aromatic heterocycles. The van der Waals surface area contributed by atoms with E-state index in [9.17, 15) is 5.11 Å². The van der Waals surface area contributed by atoms with Crippen LogP contribution in [0.2, 0.25) is 0 Å². The molecule has 0 heterocycles. The molecule has 0 aliphatic heterocycles. The first-order valence-corrected chi connectivity index (χ1v) is 8.40. The van der Waals surface area contributed by atoms with Crippen molar-refractivity contribution >= 4 is 11.8 Å². The number of hydrogen-bond donors (Lipinski definition) is 2. The molecule has 0 saturated heterocycles. The molecule has 0 aliphatic rings. The van der Waals surface area contributed by atoms with Crippen molar-refractivity contribution in [3.8, 4) is 5.75 Å². The van der Waals surface area contributed by atoms with Gasteiger partial charge in [-0.15, -0.1) is 11.8 Å². The van der Waals surface area contributed by atoms with Crippen molar-refractivity contribution < 1.29 is 5.11 Å². The number of phenolic OH excluding ortho intramolecular Hbond substituents is 1. The molecule has 2 rings (SSSR count). The summed E-state index contributed by atoms with van der Waals surface area (Å²) in [6, 6.07) is 13.1. The van der Waals surface area contributed by atoms with Gasteiger partial charge in [-0.1, -0.05) is 24.3 Å². The molecule has 2 nitrogen and oxygen atoms in total. The van der Waals surface area contributed by atoms with Gasteiger partial charge in [0, 0.05) is 17.5 Å². The van der Waals surface area contributed by atoms with Crippen molar-refractivity contribution in [3.63, 3.8) is 0 Å². The molecule has 2 aromatic rings. The molecule has 21 heavy (non-hydrogen) atoms. The van der Waals surface area contributed by atoms with Gasteiger partial charge in [-0.2, -0.15) is 0 Å². The topological polar surface area (TPSA) is 32.3 Å². The van der Waals surface area contributed by atoms with E-state index in [1.54, 1.807) is 11.8 Å². The van der Waals surface area contributed by atoms with E-state index in [-0.39, 0.29) is 0 Å². The summed E-state index contributed by atoms with van der Waals surface area (Å²) in [6.45, 7) is 6.86. The lowest BCUT2D eigenvalue weighted by atomic mass is 10.0. The molecule has 2 aromatic carbocycles. The van der Waals surface area contributed by atoms with E-state index in [1.807, 2.05) is 26.0 Å². The Balaban J connectivity index is 2.01. The number of benzene rings is 2. The summed E-state index contributed by atoms with van der Waals surface area (Å²) in [7, 11) is 0. The van der Waals surface area contributed by atoms with Crippen LogP contribution in [0.25, 0.3) is 0 Å². The fourth-order valence-corrected chi connectivity index (χ4v) is 2.84. The first kappa shape index (κ1) is 15.9. The summed E-state index contributed by atoms with van der Waals surface area (Å²) >= 11 is 1.76. The average Bonchev–Trinajstić information content (AvgIpc) is 2.50. The van der Waals surface area contributed by atoms with Crippen LogP contribution in [0.5, 0.6) is 5.75 Å². The number of hydrogen-bond acceptors (Lipinski definition) is 3. The van der Waals surface area contributed by atoms with E-state index >= 15 is 0 Å². The minimum atomic E-state index is 0.301. The van der Waals surface area contributed by atoms with Gasteiger partial charge < -0.3 is 10.4 Å². The van der Waals surface area contributed by atoms with Crippen LogP contribution >= 0.6 is 11.8 Å². The Morgan fingerprint density at radius 1 is 1.10 bits per heavy atom. The highest BCUT2D eigenvalue weighted by Crippen LogP contribution is 2.24. The minimum absolute atomic E-state index is 0.301. The van der Waals surface area contributed by atoms with Gasteiger partial charge in [0.25, 0.3) is 0 Å². The van der Waals surface area contributed by atoms with Crippen LogP contribution in [-0.4, -0.2) is 11.4 Å². The molecule has 1 atom stereocenters. The third kappa shape index (κ3) is 4.02. The predicted octanol–water partition coefficient (Wildman–Crippen LogP) is 4.58. The fraction of sp³-hybridized carbons (Fsp3) is 0.333. The van der Waals surface area contributed by atoms with Crippen molar-refractivity contribution in [1.82, 2.24) is 5.32 Å². The van der Waals surface area contributed by atoms with Gasteiger partial charge in [-0.05, 0) is 61.4 Å². The second-order valence-electron chi connectivity index (χ2n) is 5.45. The van der Waals surface area contributed by atoms with Crippen LogP contribution in [-0.2, 0) is 6.54 Å². The highest BCUT2D eigenvalue weighted by Gasteiger charge is 2.07. The Morgan fingerprint density at radius 2 is 1.67 bits per heavy atom. The summed E-state index contributed by atoms with van der Waals surface area (Å²) < 4.78 is 0. The van der Waals surface area contributed by atoms with Crippen molar-refractivity contribution in [2.45, 2.75) is 38.3 Å². The largest absolute Gasteiger partial charge is 0.507 e. The summed E-state index contributed by atoms with van der Waals surface area (Å²) in [6.07, 6.45) is 2.09. The summed E-state index contributed by atoms with van der Waals surface area (Å²) in [5, 5.41) is 13.4. The number of nitrogens with one attached hydrogen (secondary N) is 1. The highest BCUT2D eigenvalue weighted by atomic mass is 32.2. The van der Waals surface area contributed by atoms with Crippen molar-refractivity contribution in [3.05, 3.63) is 58.7 Å². The molecule has 2 N–H and O–H groups in total. The second kappa shape index (κ2) is 7.01. The molecule has 0 saturated carbocycles. The number of rotatable bonds is 5. The van der Waals surface area contributed by atoms with Crippen molar-refractivity contribution in [1.29, 1.82) is 0 Å². The van der Waals surface area contributed by atoms with E-state index in [4.69, 9.17) is 0 Å². The van der Waals surface area contributed by atoms with E-state index in [0.29, 0.717) is 11.8 Å². The Bertz CT molecular complexity index is 584. The van der Waals surface area contributed by atoms with Crippen LogP contribution in [0.15, 0.2) is 41.3 Å². The SMILES string of the molecule is CSc1ccc(C(C)NCc2cc(C)c(O)c(C)c2)cc1. The number of aromatic hydroxyl groups is 1. The maximum absolute atomic E-state index is 9.81. The predicted molar refractivity (Wildman–Crippen MR) is 91.1 cm³/mol. The molecule has 0 fully saturated rings. The van der Waals surface area contributed by atoms with Gasteiger partial charge in [-0.25, -0.2) is 0 Å². The normalized spacial score (nSPS) is 12.4. The van der Waals surface area contributed by atoms with Gasteiger partial charge in [-0.3, -0.25) is 0 Å². The molecule has 0 amide bonds. The summed E-state index contributed by atoms with van der Waals surface area (Å²) in [5.74, 6) is 0.402. The molecular formula is C18H23NOS. The molecule has 0 spiro atoms. The van der Waals surface area contributed by atoms with E-state index in [2.05, 4.69) is 42.8 Å². The number of aryl methyl sites for hydroxylation is 2. The first-order chi connectivity index (χ1) is 10.0. The monoisotopic (exact) mass is 301 g/mol. The number of phenols is 1. The Kier molecular flexibility index (Phi) is 5.32. The van der Waals surface area contributed by atoms with Gasteiger partial charge in [0.1, 0.15) is 5.75 Å². The fourth-order valence-electron chi connectivity index (χ4n) is 2.43. The zero-order valence-corrected chi connectivity index (χ0v) is 13.9. The first-order valence-electron chi connectivity index (χ1n) is 7.17. The van der Waals surface area contributed by atoms with Crippen LogP contribution in [0.3, 0.4) is 0 Å². The van der Waals surface area contributed by atoms with E-state index in [0.717, 1.165) is 17.7 Å². The Hall–Kier alpha value is -1.45. The van der Waals surface area contributed by atoms with Gasteiger partial charge in [0.15, 0.2) is 0 Å². The van der Waals surface area contributed by atoms with Crippen molar-refractivity contribution in [2.24, 2.45) is 0 Å². The quantitative estimate of drug-likeness (QED) is 0.793. The lowest BCUT2D eigenvalue weighted by molar-refractivity contribution is 0.466. The second-order valence-corrected chi connectivity index (χ2v) is 6.33. The number of thioether (sulfide) groups is 1. The summed E-state index contributed by atoms with van der Waals surface area (Å²) in [5.41, 5.74) is 4.36. The lowest BCUT2D eigenvalue weighted by Gasteiger charge is -2.16. The van der Waals surface area contributed by atoms with Crippen LogP contribution < -0.4 is 5.32 Å². The third-order valence-electron chi connectivity index (χ3n) is 3.78. The maximum atomic E-state index is 9.81. The molecular weight excluding hydrogens is 278 g/mol. The molecule has 0 aliphatic carbocycles. The maximum Gasteiger partial charge on any atom is 0.121 e. The lowest BCUT2D eigenvalue weighted by Crippen LogP contribution is -2.18. The molecule has 0 radical (unpaired) electrons. The average molecular weight is 301 g/mol. The molecule has 1 unspecified atom stereocenters. The van der Waals surface area contributed by atoms with Gasteiger partial charge in [0.2, 0.25) is 0 Å². The Morgan fingerprint density at radius 3 is 2.19 bits per heavy atom. The minimum Gasteiger partial charge on any atom is -0.507 e. The molecule has 112 valence electrons. The van der Waals surface area contributed by atoms with Crippen LogP contribution in [0, 0.1) is 13.8 Å². The highest BCUT2D eigenvalue weighted by molar-refractivity contribution is 7.98. The Labute approximate surface area is 131 Å². The van der Waals surface area contributed by atoms with Gasteiger partial charge >= 0.3 is 0 Å². The molecule has 0 bridgehead atoms. The standard InChI is InChI=1S/C18H23NOS/c1-12-9-15(10-13(2)18(12)20)11-19-14(3)16-5-7-17(21-4)8-6-16/h5-10,14,19-20H,11H2,1-4H3. The summed E-state index contributed by atoms with van der Waals surface area (Å²) in [4.78, 5) is 1.29. The van der Waals surface area contributed by atoms with Gasteiger partial charge in [0.05, 0.1) is 0 Å². The molecule has 3 heteroatoms. The van der Waals surface area contributed by atoms with E-state index in [1.165, 1.54) is 16.0 Å². The van der Waals surface area contributed by atoms with Crippen LogP contribution in [0.4, 0.5) is 0 Å². The van der Waals surface area contributed by atoms with Crippen LogP contribution in [0.1, 0.15) is 35.2 Å². The zero-order valence-electron chi connectivity index (χ0n) is 13.1. The zero-order chi connectivity index (χ0) is 15.4. The smallest absolute Gasteiger partial charge is 0.121 e. The third-order valence-corrected chi connectivity index (χ3v) is 4.52. The van der Waals surface area contributed by atoms with Crippen molar-refractivity contribution in [2.75, 3.05) is 6.26 Å². The van der Waals surface area contributed by atoms with E-state index < -0.39 is 0 Å².